The van der Waals surface area contributed by atoms with Crippen molar-refractivity contribution >= 4 is 13.7 Å². The molecular weight excluding hydrogens is 864 g/mol. The summed E-state index contributed by atoms with van der Waals surface area (Å²) >= 11 is 0. The van der Waals surface area contributed by atoms with Crippen molar-refractivity contribution in [1.29, 1.82) is 0 Å². The van der Waals surface area contributed by atoms with E-state index in [2.05, 4.69) is 43.5 Å². The average molecular weight is 981 g/mol. The molecule has 0 bridgehead atoms. The molecule has 68 heavy (non-hydrogen) atoms. The Morgan fingerprint density at radius 2 is 0.809 bits per heavy atom. The van der Waals surface area contributed by atoms with Crippen molar-refractivity contribution < 1.29 is 32.9 Å². The van der Waals surface area contributed by atoms with Crippen molar-refractivity contribution in [1.82, 2.24) is 5.32 Å². The van der Waals surface area contributed by atoms with Gasteiger partial charge in [-0.2, -0.15) is 0 Å². The Morgan fingerprint density at radius 1 is 0.485 bits per heavy atom. The Bertz CT molecular complexity index is 1200. The van der Waals surface area contributed by atoms with E-state index in [9.17, 15) is 19.4 Å². The van der Waals surface area contributed by atoms with E-state index in [1.54, 1.807) is 6.08 Å². The van der Waals surface area contributed by atoms with Crippen molar-refractivity contribution in [2.45, 2.75) is 296 Å². The van der Waals surface area contributed by atoms with Crippen molar-refractivity contribution in [3.63, 3.8) is 0 Å². The predicted octanol–water partition coefficient (Wildman–Crippen LogP) is 17.8. The number of allylic oxidation sites excluding steroid dienone is 5. The van der Waals surface area contributed by atoms with Crippen LogP contribution in [0.3, 0.4) is 0 Å². The summed E-state index contributed by atoms with van der Waals surface area (Å²) in [4.78, 5) is 23.3. The van der Waals surface area contributed by atoms with Gasteiger partial charge in [-0.05, 0) is 44.9 Å². The Morgan fingerprint density at radius 3 is 1.18 bits per heavy atom. The summed E-state index contributed by atoms with van der Waals surface area (Å²) in [5.74, 6) is -0.186. The zero-order chi connectivity index (χ0) is 49.9. The molecule has 0 rings (SSSR count). The van der Waals surface area contributed by atoms with Gasteiger partial charge in [-0.25, -0.2) is 4.57 Å². The molecule has 0 aliphatic heterocycles. The molecule has 0 fully saturated rings. The van der Waals surface area contributed by atoms with Crippen molar-refractivity contribution in [2.75, 3.05) is 40.9 Å². The predicted molar refractivity (Wildman–Crippen MR) is 295 cm³/mol. The summed E-state index contributed by atoms with van der Waals surface area (Å²) < 4.78 is 23.7. The first-order chi connectivity index (χ1) is 33.0. The zero-order valence-electron chi connectivity index (χ0n) is 45.9. The minimum absolute atomic E-state index is 0.0552. The van der Waals surface area contributed by atoms with Gasteiger partial charge in [-0.3, -0.25) is 13.8 Å². The van der Waals surface area contributed by atoms with E-state index in [0.29, 0.717) is 17.4 Å². The van der Waals surface area contributed by atoms with E-state index in [1.807, 2.05) is 27.2 Å². The molecule has 402 valence electrons. The van der Waals surface area contributed by atoms with E-state index < -0.39 is 20.0 Å². The molecule has 0 saturated carbocycles. The van der Waals surface area contributed by atoms with E-state index in [-0.39, 0.29) is 19.1 Å². The number of nitrogens with zero attached hydrogens (tertiary/aromatic N) is 1. The Balaban J connectivity index is 4.25. The Kier molecular flexibility index (Phi) is 49.7. The summed E-state index contributed by atoms with van der Waals surface area (Å²) in [6, 6.07) is -0.868. The number of aliphatic hydroxyl groups excluding tert-OH is 1. The summed E-state index contributed by atoms with van der Waals surface area (Å²) in [6.07, 6.45) is 65.4. The van der Waals surface area contributed by atoms with Crippen LogP contribution in [0.2, 0.25) is 0 Å². The van der Waals surface area contributed by atoms with Crippen LogP contribution in [-0.2, 0) is 18.4 Å². The van der Waals surface area contributed by atoms with Gasteiger partial charge in [0.1, 0.15) is 13.2 Å². The minimum atomic E-state index is -4.36. The number of rotatable bonds is 54. The lowest BCUT2D eigenvalue weighted by molar-refractivity contribution is -0.870. The second kappa shape index (κ2) is 50.7. The highest BCUT2D eigenvalue weighted by molar-refractivity contribution is 7.47. The number of unbranched alkanes of at least 4 members (excludes halogenated alkanes) is 37. The van der Waals surface area contributed by atoms with Crippen molar-refractivity contribution in [2.24, 2.45) is 0 Å². The van der Waals surface area contributed by atoms with Gasteiger partial charge in [0, 0.05) is 6.42 Å². The largest absolute Gasteiger partial charge is 0.472 e. The maximum atomic E-state index is 13.0. The maximum Gasteiger partial charge on any atom is 0.472 e. The van der Waals surface area contributed by atoms with Crippen LogP contribution in [0.5, 0.6) is 0 Å². The Hall–Kier alpha value is -1.28. The van der Waals surface area contributed by atoms with Crippen molar-refractivity contribution in [3.8, 4) is 0 Å². The topological polar surface area (TPSA) is 105 Å². The molecular formula is C59H116N2O6P+. The first-order valence-corrected chi connectivity index (χ1v) is 30.9. The summed E-state index contributed by atoms with van der Waals surface area (Å²) in [5, 5.41) is 13.9. The number of phosphoric ester groups is 1. The van der Waals surface area contributed by atoms with Gasteiger partial charge in [0.2, 0.25) is 5.91 Å². The number of quaternary nitrogens is 1. The molecule has 1 amide bonds. The number of carbonyl (C=O) groups is 1. The highest BCUT2D eigenvalue weighted by Crippen LogP contribution is 2.43. The molecule has 3 atom stereocenters. The lowest BCUT2D eigenvalue weighted by Crippen LogP contribution is -2.45. The lowest BCUT2D eigenvalue weighted by atomic mass is 10.0. The molecule has 0 aliphatic rings. The Labute approximate surface area is 423 Å². The van der Waals surface area contributed by atoms with E-state index in [4.69, 9.17) is 9.05 Å². The van der Waals surface area contributed by atoms with Crippen LogP contribution in [0.15, 0.2) is 36.5 Å². The third-order valence-electron chi connectivity index (χ3n) is 13.3. The fourth-order valence-corrected chi connectivity index (χ4v) is 9.46. The zero-order valence-corrected chi connectivity index (χ0v) is 46.8. The molecule has 8 nitrogen and oxygen atoms in total. The highest BCUT2D eigenvalue weighted by atomic mass is 31.2. The molecule has 0 spiro atoms. The molecule has 0 radical (unpaired) electrons. The number of phosphoric acid groups is 1. The van der Waals surface area contributed by atoms with Crippen LogP contribution in [-0.4, -0.2) is 73.4 Å². The van der Waals surface area contributed by atoms with Gasteiger partial charge in [-0.1, -0.05) is 269 Å². The number of carbonyl (C=O) groups excluding carboxylic acids is 1. The maximum absolute atomic E-state index is 13.0. The molecule has 0 aromatic rings. The SMILES string of the molecule is CCCCCCCCCCCCCCC/C=C/CC/C=C/CC/C=C/C(O)C(COP(=O)(O)OCC[N+](C)(C)C)NC(=O)CCCCCCCCCCCCCCCCCCCCCCCCC. The first-order valence-electron chi connectivity index (χ1n) is 29.4. The van der Waals surface area contributed by atoms with Gasteiger partial charge in [0.15, 0.2) is 0 Å². The first kappa shape index (κ1) is 66.7. The monoisotopic (exact) mass is 980 g/mol. The van der Waals surface area contributed by atoms with E-state index in [1.165, 1.54) is 218 Å². The van der Waals surface area contributed by atoms with Crippen LogP contribution in [0.25, 0.3) is 0 Å². The third-order valence-corrected chi connectivity index (χ3v) is 14.3. The van der Waals surface area contributed by atoms with Crippen LogP contribution in [0.1, 0.15) is 284 Å². The molecule has 9 heteroatoms. The highest BCUT2D eigenvalue weighted by Gasteiger charge is 2.27. The normalized spacial score (nSPS) is 14.2. The molecule has 3 N–H and O–H groups in total. The van der Waals surface area contributed by atoms with Crippen LogP contribution in [0.4, 0.5) is 0 Å². The second-order valence-corrected chi connectivity index (χ2v) is 22.8. The number of amides is 1. The van der Waals surface area contributed by atoms with Crippen LogP contribution in [0, 0.1) is 0 Å². The van der Waals surface area contributed by atoms with Gasteiger partial charge < -0.3 is 19.8 Å². The third kappa shape index (κ3) is 52.5. The summed E-state index contributed by atoms with van der Waals surface area (Å²) in [5.41, 5.74) is 0. The number of nitrogens with one attached hydrogen (secondary N) is 1. The molecule has 0 aromatic heterocycles. The van der Waals surface area contributed by atoms with Gasteiger partial charge in [0.05, 0.1) is 39.9 Å². The standard InChI is InChI=1S/C59H115N2O6P/c1-6-8-10-12-14-16-18-20-22-24-26-28-30-32-34-36-38-40-42-44-46-48-50-52-58(62)57(56-67-68(64,65)66-55-54-61(3,4)5)60-59(63)53-51-49-47-45-43-41-39-37-35-33-31-29-27-25-23-21-19-17-15-13-11-9-7-2/h34,36,42,44,50,52,57-58,62H,6-33,35,37-41,43,45-49,51,53-56H2,1-5H3,(H-,60,63,64,65)/p+1/b36-34+,44-42+,52-50+. The fraction of sp³-hybridized carbons (Fsp3) is 0.881. The van der Waals surface area contributed by atoms with Gasteiger partial charge in [-0.15, -0.1) is 0 Å². The molecule has 0 aromatic carbocycles. The van der Waals surface area contributed by atoms with Crippen molar-refractivity contribution in [3.05, 3.63) is 36.5 Å². The van der Waals surface area contributed by atoms with Crippen LogP contribution >= 0.6 is 7.82 Å². The molecule has 0 heterocycles. The average Bonchev–Trinajstić information content (AvgIpc) is 3.30. The van der Waals surface area contributed by atoms with Crippen LogP contribution < -0.4 is 5.32 Å². The number of hydrogen-bond acceptors (Lipinski definition) is 5. The van der Waals surface area contributed by atoms with Gasteiger partial charge >= 0.3 is 7.82 Å². The molecule has 3 unspecified atom stereocenters. The molecule has 0 aliphatic carbocycles. The smallest absolute Gasteiger partial charge is 0.387 e. The fourth-order valence-electron chi connectivity index (χ4n) is 8.72. The lowest BCUT2D eigenvalue weighted by Gasteiger charge is -2.25. The number of hydrogen-bond donors (Lipinski definition) is 3. The number of likely N-dealkylation sites (N-methyl/N-ethyl adjacent to an activating group) is 1. The minimum Gasteiger partial charge on any atom is -0.387 e. The summed E-state index contributed by atoms with van der Waals surface area (Å²) in [6.45, 7) is 4.83. The van der Waals surface area contributed by atoms with Gasteiger partial charge in [0.25, 0.3) is 0 Å². The quantitative estimate of drug-likeness (QED) is 0.0243. The second-order valence-electron chi connectivity index (χ2n) is 21.4. The summed E-state index contributed by atoms with van der Waals surface area (Å²) in [7, 11) is 1.56. The van der Waals surface area contributed by atoms with E-state index in [0.717, 1.165) is 44.9 Å². The van der Waals surface area contributed by atoms with E-state index >= 15 is 0 Å². The molecule has 0 saturated heterocycles. The number of aliphatic hydroxyl groups is 1.